The molecule has 1 N–H and O–H groups in total. The number of aromatic nitrogens is 2. The molecular weight excluding hydrogens is 472 g/mol. The first-order valence-electron chi connectivity index (χ1n) is 11.5. The summed E-state index contributed by atoms with van der Waals surface area (Å²) in [4.78, 5) is 12.9. The van der Waals surface area contributed by atoms with Crippen LogP contribution in [0.1, 0.15) is 23.6 Å². The molecule has 7 heteroatoms. The fraction of sp³-hybridized carbons (Fsp3) is 0.138. The van der Waals surface area contributed by atoms with E-state index in [1.807, 2.05) is 85.1 Å². The van der Waals surface area contributed by atoms with Crippen LogP contribution in [0.2, 0.25) is 5.02 Å². The van der Waals surface area contributed by atoms with E-state index in [-0.39, 0.29) is 5.57 Å². The van der Waals surface area contributed by atoms with Crippen molar-refractivity contribution in [1.82, 2.24) is 9.78 Å². The van der Waals surface area contributed by atoms with Crippen LogP contribution in [-0.4, -0.2) is 22.8 Å². The molecule has 4 aromatic rings. The van der Waals surface area contributed by atoms with E-state index in [0.29, 0.717) is 28.5 Å². The third-order valence-corrected chi connectivity index (χ3v) is 5.95. The molecule has 1 heterocycles. The smallest absolute Gasteiger partial charge is 0.266 e. The van der Waals surface area contributed by atoms with Gasteiger partial charge in [0.15, 0.2) is 0 Å². The Hall–Kier alpha value is -4.34. The third kappa shape index (κ3) is 6.01. The Labute approximate surface area is 215 Å². The number of amides is 1. The van der Waals surface area contributed by atoms with Crippen molar-refractivity contribution in [2.75, 3.05) is 12.4 Å². The molecule has 0 fully saturated rings. The fourth-order valence-electron chi connectivity index (χ4n) is 3.70. The van der Waals surface area contributed by atoms with Crippen molar-refractivity contribution in [3.05, 3.63) is 106 Å². The van der Waals surface area contributed by atoms with E-state index in [4.69, 9.17) is 21.4 Å². The summed E-state index contributed by atoms with van der Waals surface area (Å²) in [7, 11) is 1.61. The van der Waals surface area contributed by atoms with Crippen LogP contribution in [0.15, 0.2) is 84.6 Å². The molecule has 6 nitrogen and oxygen atoms in total. The summed E-state index contributed by atoms with van der Waals surface area (Å²) in [6, 6.07) is 24.6. The summed E-state index contributed by atoms with van der Waals surface area (Å²) in [5.41, 5.74) is 4.95. The van der Waals surface area contributed by atoms with Crippen molar-refractivity contribution >= 4 is 29.3 Å². The molecule has 180 valence electrons. The highest BCUT2D eigenvalue weighted by atomic mass is 35.5. The van der Waals surface area contributed by atoms with Gasteiger partial charge in [-0.3, -0.25) is 9.48 Å². The average molecular weight is 497 g/mol. The Morgan fingerprint density at radius 1 is 1.06 bits per heavy atom. The lowest BCUT2D eigenvalue weighted by molar-refractivity contribution is -0.112. The van der Waals surface area contributed by atoms with Crippen LogP contribution >= 0.6 is 11.6 Å². The first kappa shape index (κ1) is 24.8. The number of carbonyl (C=O) groups excluding carboxylic acids is 1. The van der Waals surface area contributed by atoms with E-state index in [1.165, 1.54) is 5.56 Å². The summed E-state index contributed by atoms with van der Waals surface area (Å²) >= 11 is 6.02. The number of halogens is 1. The van der Waals surface area contributed by atoms with Gasteiger partial charge in [-0.2, -0.15) is 10.4 Å². The number of nitrogens with one attached hydrogen (secondary N) is 1. The summed E-state index contributed by atoms with van der Waals surface area (Å²) in [6.45, 7) is 2.57. The number of anilines is 1. The van der Waals surface area contributed by atoms with Gasteiger partial charge >= 0.3 is 0 Å². The maximum atomic E-state index is 12.9. The second-order valence-corrected chi connectivity index (χ2v) is 8.60. The SMILES string of the molecule is CCc1ccc(NC(=O)C(C#N)=Cc2cn(Cc3ccc(Cl)cc3)nc2-c2ccc(OC)cc2)cc1. The topological polar surface area (TPSA) is 79.9 Å². The summed E-state index contributed by atoms with van der Waals surface area (Å²) in [5, 5.41) is 18.0. The Kier molecular flexibility index (Phi) is 7.84. The second kappa shape index (κ2) is 11.4. The number of methoxy groups -OCH3 is 1. The molecule has 0 unspecified atom stereocenters. The van der Waals surface area contributed by atoms with Crippen LogP contribution in [0.5, 0.6) is 5.75 Å². The van der Waals surface area contributed by atoms with Gasteiger partial charge in [-0.15, -0.1) is 0 Å². The van der Waals surface area contributed by atoms with Crippen LogP contribution in [0.4, 0.5) is 5.69 Å². The molecule has 0 bridgehead atoms. The molecule has 36 heavy (non-hydrogen) atoms. The lowest BCUT2D eigenvalue weighted by atomic mass is 10.1. The van der Waals surface area contributed by atoms with E-state index in [0.717, 1.165) is 23.3 Å². The highest BCUT2D eigenvalue weighted by Gasteiger charge is 2.15. The predicted octanol–water partition coefficient (Wildman–Crippen LogP) is 6.37. The largest absolute Gasteiger partial charge is 0.497 e. The molecule has 0 atom stereocenters. The molecule has 0 aliphatic carbocycles. The van der Waals surface area contributed by atoms with Crippen molar-refractivity contribution < 1.29 is 9.53 Å². The maximum Gasteiger partial charge on any atom is 0.266 e. The van der Waals surface area contributed by atoms with Gasteiger partial charge in [0.1, 0.15) is 17.4 Å². The zero-order valence-corrected chi connectivity index (χ0v) is 20.8. The molecule has 3 aromatic carbocycles. The first-order valence-corrected chi connectivity index (χ1v) is 11.8. The number of ether oxygens (including phenoxy) is 1. The molecule has 0 aliphatic rings. The molecule has 0 spiro atoms. The quantitative estimate of drug-likeness (QED) is 0.227. The number of aryl methyl sites for hydroxylation is 1. The number of carbonyl (C=O) groups is 1. The van der Waals surface area contributed by atoms with E-state index < -0.39 is 5.91 Å². The van der Waals surface area contributed by atoms with Gasteiger partial charge in [-0.05, 0) is 72.2 Å². The van der Waals surface area contributed by atoms with Crippen molar-refractivity contribution in [2.24, 2.45) is 0 Å². The van der Waals surface area contributed by atoms with Gasteiger partial charge in [0.05, 0.1) is 19.3 Å². The lowest BCUT2D eigenvalue weighted by Crippen LogP contribution is -2.13. The Morgan fingerprint density at radius 3 is 2.33 bits per heavy atom. The van der Waals surface area contributed by atoms with Gasteiger partial charge in [-0.25, -0.2) is 0 Å². The van der Waals surface area contributed by atoms with E-state index in [9.17, 15) is 10.1 Å². The highest BCUT2D eigenvalue weighted by Crippen LogP contribution is 2.27. The minimum absolute atomic E-state index is 0.0182. The summed E-state index contributed by atoms with van der Waals surface area (Å²) < 4.78 is 7.05. The molecule has 0 radical (unpaired) electrons. The van der Waals surface area contributed by atoms with Gasteiger partial charge in [0.25, 0.3) is 5.91 Å². The summed E-state index contributed by atoms with van der Waals surface area (Å²) in [5.74, 6) is 0.246. The molecule has 0 saturated heterocycles. The number of nitrogens with zero attached hydrogens (tertiary/aromatic N) is 3. The average Bonchev–Trinajstić information content (AvgIpc) is 3.31. The van der Waals surface area contributed by atoms with E-state index in [2.05, 4.69) is 12.2 Å². The Balaban J connectivity index is 1.67. The highest BCUT2D eigenvalue weighted by molar-refractivity contribution is 6.30. The van der Waals surface area contributed by atoms with Crippen LogP contribution in [0.25, 0.3) is 17.3 Å². The normalized spacial score (nSPS) is 11.1. The van der Waals surface area contributed by atoms with Crippen molar-refractivity contribution in [1.29, 1.82) is 5.26 Å². The Bertz CT molecular complexity index is 1410. The fourth-order valence-corrected chi connectivity index (χ4v) is 3.83. The lowest BCUT2D eigenvalue weighted by Gasteiger charge is -2.06. The van der Waals surface area contributed by atoms with Crippen molar-refractivity contribution in [2.45, 2.75) is 19.9 Å². The minimum atomic E-state index is -0.479. The van der Waals surface area contributed by atoms with Crippen LogP contribution in [-0.2, 0) is 17.8 Å². The van der Waals surface area contributed by atoms with Crippen LogP contribution < -0.4 is 10.1 Å². The van der Waals surface area contributed by atoms with Crippen molar-refractivity contribution in [3.8, 4) is 23.1 Å². The maximum absolute atomic E-state index is 12.9. The molecular formula is C29H25ClN4O2. The summed E-state index contributed by atoms with van der Waals surface area (Å²) in [6.07, 6.45) is 4.31. The molecule has 1 amide bonds. The van der Waals surface area contributed by atoms with Crippen molar-refractivity contribution in [3.63, 3.8) is 0 Å². The molecule has 4 rings (SSSR count). The van der Waals surface area contributed by atoms with Crippen LogP contribution in [0.3, 0.4) is 0 Å². The minimum Gasteiger partial charge on any atom is -0.497 e. The zero-order chi connectivity index (χ0) is 25.5. The number of hydrogen-bond acceptors (Lipinski definition) is 4. The van der Waals surface area contributed by atoms with Crippen LogP contribution in [0, 0.1) is 11.3 Å². The Morgan fingerprint density at radius 2 is 1.72 bits per heavy atom. The third-order valence-electron chi connectivity index (χ3n) is 5.70. The first-order chi connectivity index (χ1) is 17.5. The molecule has 0 saturated carbocycles. The van der Waals surface area contributed by atoms with Gasteiger partial charge < -0.3 is 10.1 Å². The molecule has 0 aliphatic heterocycles. The van der Waals surface area contributed by atoms with E-state index in [1.54, 1.807) is 17.9 Å². The van der Waals surface area contributed by atoms with Gasteiger partial charge in [0.2, 0.25) is 0 Å². The number of nitriles is 1. The van der Waals surface area contributed by atoms with E-state index >= 15 is 0 Å². The number of hydrogen-bond donors (Lipinski definition) is 1. The molecule has 1 aromatic heterocycles. The zero-order valence-electron chi connectivity index (χ0n) is 20.0. The predicted molar refractivity (Wildman–Crippen MR) is 143 cm³/mol. The number of rotatable bonds is 8. The number of benzene rings is 3. The second-order valence-electron chi connectivity index (χ2n) is 8.16. The standard InChI is InChI=1S/C29H25ClN4O2/c1-3-20-6-12-26(13-7-20)32-29(35)23(17-31)16-24-19-34(18-21-4-10-25(30)11-5-21)33-28(24)22-8-14-27(36-2)15-9-22/h4-16,19H,3,18H2,1-2H3,(H,32,35). The van der Waals surface area contributed by atoms with Gasteiger partial charge in [0, 0.05) is 28.0 Å². The van der Waals surface area contributed by atoms with Gasteiger partial charge in [-0.1, -0.05) is 42.8 Å². The monoisotopic (exact) mass is 496 g/mol.